The molecule has 0 fully saturated rings. The molecule has 1 N–H and O–H groups in total. The maximum absolute atomic E-state index is 13.5. The van der Waals surface area contributed by atoms with Crippen LogP contribution in [0.5, 0.6) is 0 Å². The normalized spacial score (nSPS) is 11.3. The van der Waals surface area contributed by atoms with Crippen LogP contribution in [0.25, 0.3) is 10.1 Å². The number of benzene rings is 3. The number of fused-ring (bicyclic) bond motifs is 1. The van der Waals surface area contributed by atoms with E-state index in [2.05, 4.69) is 27.8 Å². The summed E-state index contributed by atoms with van der Waals surface area (Å²) in [6.07, 6.45) is 4.33. The third kappa shape index (κ3) is 5.53. The summed E-state index contributed by atoms with van der Waals surface area (Å²) < 4.78 is 28.0. The van der Waals surface area contributed by atoms with E-state index < -0.39 is 0 Å². The van der Waals surface area contributed by atoms with Crippen molar-refractivity contribution in [2.24, 2.45) is 0 Å². The Balaban J connectivity index is 1.29. The van der Waals surface area contributed by atoms with E-state index in [0.29, 0.717) is 0 Å². The SMILES string of the molecule is Fc1ccc(C(CCCc2cc(Nc3csc4c(Cl)cccc34)ccn2)c2ccc(F)cc2)cc1. The van der Waals surface area contributed by atoms with E-state index in [1.807, 2.05) is 48.7 Å². The number of pyridine rings is 1. The monoisotopic (exact) mass is 504 g/mol. The van der Waals surface area contributed by atoms with Gasteiger partial charge in [-0.3, -0.25) is 4.98 Å². The molecule has 0 aliphatic carbocycles. The van der Waals surface area contributed by atoms with Crippen LogP contribution in [0.2, 0.25) is 5.02 Å². The van der Waals surface area contributed by atoms with Gasteiger partial charge >= 0.3 is 0 Å². The molecule has 2 aromatic heterocycles. The van der Waals surface area contributed by atoms with Crippen LogP contribution in [-0.4, -0.2) is 4.98 Å². The minimum atomic E-state index is -0.263. The third-order valence-corrected chi connectivity index (χ3v) is 7.57. The first-order valence-electron chi connectivity index (χ1n) is 11.5. The fourth-order valence-corrected chi connectivity index (χ4v) is 5.59. The van der Waals surface area contributed by atoms with Gasteiger partial charge < -0.3 is 5.32 Å². The number of aromatic nitrogens is 1. The summed E-state index contributed by atoms with van der Waals surface area (Å²) in [5, 5.41) is 7.43. The highest BCUT2D eigenvalue weighted by Gasteiger charge is 2.15. The summed E-state index contributed by atoms with van der Waals surface area (Å²) in [6.45, 7) is 0. The first-order valence-corrected chi connectivity index (χ1v) is 12.7. The van der Waals surface area contributed by atoms with Crippen LogP contribution in [-0.2, 0) is 6.42 Å². The zero-order chi connectivity index (χ0) is 24.2. The Labute approximate surface area is 212 Å². The second-order valence-electron chi connectivity index (χ2n) is 8.47. The lowest BCUT2D eigenvalue weighted by atomic mass is 9.87. The molecule has 0 aliphatic heterocycles. The highest BCUT2D eigenvalue weighted by Crippen LogP contribution is 2.36. The smallest absolute Gasteiger partial charge is 0.123 e. The predicted molar refractivity (Wildman–Crippen MR) is 142 cm³/mol. The van der Waals surface area contributed by atoms with E-state index >= 15 is 0 Å². The van der Waals surface area contributed by atoms with Gasteiger partial charge in [-0.15, -0.1) is 11.3 Å². The molecule has 0 spiro atoms. The van der Waals surface area contributed by atoms with Crippen LogP contribution < -0.4 is 5.32 Å². The Bertz CT molecular complexity index is 1390. The molecule has 2 nitrogen and oxygen atoms in total. The second kappa shape index (κ2) is 10.5. The van der Waals surface area contributed by atoms with Crippen molar-refractivity contribution in [1.29, 1.82) is 0 Å². The van der Waals surface area contributed by atoms with E-state index in [1.165, 1.54) is 24.3 Å². The number of hydrogen-bond donors (Lipinski definition) is 1. The molecule has 0 atom stereocenters. The third-order valence-electron chi connectivity index (χ3n) is 6.12. The molecule has 35 heavy (non-hydrogen) atoms. The Kier molecular flexibility index (Phi) is 7.07. The van der Waals surface area contributed by atoms with Crippen LogP contribution in [0.15, 0.2) is 90.4 Å². The molecule has 176 valence electrons. The molecule has 2 heterocycles. The molecule has 0 saturated heterocycles. The summed E-state index contributed by atoms with van der Waals surface area (Å²) in [6, 6.07) is 23.1. The maximum Gasteiger partial charge on any atom is 0.123 e. The van der Waals surface area contributed by atoms with E-state index in [0.717, 1.165) is 62.6 Å². The molecular weight excluding hydrogens is 482 g/mol. The number of hydrogen-bond acceptors (Lipinski definition) is 3. The lowest BCUT2D eigenvalue weighted by Gasteiger charge is -2.18. The van der Waals surface area contributed by atoms with Crippen molar-refractivity contribution in [2.45, 2.75) is 25.2 Å². The molecule has 5 aromatic rings. The molecule has 0 unspecified atom stereocenters. The van der Waals surface area contributed by atoms with E-state index in [-0.39, 0.29) is 17.6 Å². The van der Waals surface area contributed by atoms with Gasteiger partial charge in [0.25, 0.3) is 0 Å². The summed E-state index contributed by atoms with van der Waals surface area (Å²) >= 11 is 7.94. The van der Waals surface area contributed by atoms with Crippen molar-refractivity contribution in [1.82, 2.24) is 4.98 Å². The molecule has 0 aliphatic rings. The van der Waals surface area contributed by atoms with Gasteiger partial charge in [0.15, 0.2) is 0 Å². The van der Waals surface area contributed by atoms with E-state index in [1.54, 1.807) is 11.3 Å². The van der Waals surface area contributed by atoms with Gasteiger partial charge in [-0.05, 0) is 72.9 Å². The summed E-state index contributed by atoms with van der Waals surface area (Å²) in [5.74, 6) is -0.471. The number of rotatable bonds is 8. The summed E-state index contributed by atoms with van der Waals surface area (Å²) in [4.78, 5) is 4.55. The minimum Gasteiger partial charge on any atom is -0.354 e. The Morgan fingerprint density at radius 2 is 1.57 bits per heavy atom. The predicted octanol–water partition coefficient (Wildman–Crippen LogP) is 9.13. The summed E-state index contributed by atoms with van der Waals surface area (Å²) in [7, 11) is 0. The number of nitrogens with one attached hydrogen (secondary N) is 1. The van der Waals surface area contributed by atoms with Crippen LogP contribution in [0, 0.1) is 11.6 Å². The van der Waals surface area contributed by atoms with Gasteiger partial charge in [-0.1, -0.05) is 48.0 Å². The van der Waals surface area contributed by atoms with Crippen LogP contribution in [0.4, 0.5) is 20.2 Å². The van der Waals surface area contributed by atoms with Gasteiger partial charge in [-0.2, -0.15) is 0 Å². The van der Waals surface area contributed by atoms with Gasteiger partial charge in [-0.25, -0.2) is 8.78 Å². The van der Waals surface area contributed by atoms with Crippen LogP contribution in [0.1, 0.15) is 35.6 Å². The largest absolute Gasteiger partial charge is 0.354 e. The average Bonchev–Trinajstić information content (AvgIpc) is 3.28. The standard InChI is InChI=1S/C29H23ClF2N2S/c30-27-6-2-5-26-28(18-35-29(26)27)34-24-15-16-33-23(17-24)3-1-4-25(19-7-11-21(31)12-8-19)20-9-13-22(32)14-10-20/h2,5-18,25H,1,3-4H2,(H,33,34). The van der Waals surface area contributed by atoms with Gasteiger partial charge in [0.2, 0.25) is 0 Å². The molecule has 0 bridgehead atoms. The number of thiophene rings is 1. The topological polar surface area (TPSA) is 24.9 Å². The van der Waals surface area contributed by atoms with Crippen molar-refractivity contribution in [3.8, 4) is 0 Å². The maximum atomic E-state index is 13.5. The van der Waals surface area contributed by atoms with Gasteiger partial charge in [0, 0.05) is 34.3 Å². The zero-order valence-electron chi connectivity index (χ0n) is 18.8. The lowest BCUT2D eigenvalue weighted by Crippen LogP contribution is -2.03. The molecule has 0 radical (unpaired) electrons. The first-order chi connectivity index (χ1) is 17.1. The van der Waals surface area contributed by atoms with E-state index in [9.17, 15) is 8.78 Å². The highest BCUT2D eigenvalue weighted by molar-refractivity contribution is 7.18. The second-order valence-corrected chi connectivity index (χ2v) is 9.76. The van der Waals surface area contributed by atoms with Crippen molar-refractivity contribution < 1.29 is 8.78 Å². The molecule has 6 heteroatoms. The number of halogens is 3. The van der Waals surface area contributed by atoms with Crippen molar-refractivity contribution in [3.05, 3.63) is 124 Å². The Hall–Kier alpha value is -3.28. The number of nitrogens with zero attached hydrogens (tertiary/aromatic N) is 1. The average molecular weight is 505 g/mol. The first kappa shape index (κ1) is 23.5. The Morgan fingerprint density at radius 1 is 0.886 bits per heavy atom. The molecule has 3 aromatic carbocycles. The van der Waals surface area contributed by atoms with Crippen molar-refractivity contribution >= 4 is 44.4 Å². The quantitative estimate of drug-likeness (QED) is 0.228. The number of aryl methyl sites for hydroxylation is 1. The summed E-state index contributed by atoms with van der Waals surface area (Å²) in [5.41, 5.74) is 5.03. The van der Waals surface area contributed by atoms with Crippen LogP contribution in [0.3, 0.4) is 0 Å². The van der Waals surface area contributed by atoms with Gasteiger partial charge in [0.05, 0.1) is 15.4 Å². The molecule has 0 saturated carbocycles. The molecule has 5 rings (SSSR count). The van der Waals surface area contributed by atoms with E-state index in [4.69, 9.17) is 11.6 Å². The van der Waals surface area contributed by atoms with Crippen molar-refractivity contribution in [2.75, 3.05) is 5.32 Å². The molecular formula is C29H23ClF2N2S. The van der Waals surface area contributed by atoms with Gasteiger partial charge in [0.1, 0.15) is 11.6 Å². The van der Waals surface area contributed by atoms with Crippen molar-refractivity contribution in [3.63, 3.8) is 0 Å². The highest BCUT2D eigenvalue weighted by atomic mass is 35.5. The fraction of sp³-hybridized carbons (Fsp3) is 0.138. The number of anilines is 2. The fourth-order valence-electron chi connectivity index (χ4n) is 4.37. The molecule has 0 amide bonds. The lowest BCUT2D eigenvalue weighted by molar-refractivity contribution is 0.617. The van der Waals surface area contributed by atoms with Crippen LogP contribution >= 0.6 is 22.9 Å². The zero-order valence-corrected chi connectivity index (χ0v) is 20.4. The minimum absolute atomic E-state index is 0.0550. The Morgan fingerprint density at radius 3 is 2.26 bits per heavy atom.